The van der Waals surface area contributed by atoms with Gasteiger partial charge in [0.15, 0.2) is 0 Å². The van der Waals surface area contributed by atoms with Gasteiger partial charge in [-0.3, -0.25) is 19.5 Å². The Morgan fingerprint density at radius 1 is 1.37 bits per heavy atom. The molecule has 146 valence electrons. The van der Waals surface area contributed by atoms with Gasteiger partial charge in [-0.25, -0.2) is 0 Å². The first-order valence-electron chi connectivity index (χ1n) is 10.2. The van der Waals surface area contributed by atoms with E-state index in [-0.39, 0.29) is 24.3 Å². The fraction of sp³-hybridized carbons (Fsp3) is 0.619. The lowest BCUT2D eigenvalue weighted by molar-refractivity contribution is -0.115. The number of aryl methyl sites for hydroxylation is 1. The quantitative estimate of drug-likeness (QED) is 0.855. The van der Waals surface area contributed by atoms with E-state index in [1.165, 1.54) is 16.7 Å². The molecule has 1 amide bonds. The second-order valence-corrected chi connectivity index (χ2v) is 8.12. The second kappa shape index (κ2) is 7.70. The number of benzene rings is 1. The minimum absolute atomic E-state index is 0.0141. The molecular weight excluding hydrogens is 340 g/mol. The molecule has 1 fully saturated rings. The predicted molar refractivity (Wildman–Crippen MR) is 105 cm³/mol. The number of fused-ring (bicyclic) bond motifs is 1. The molecule has 6 heteroatoms. The van der Waals surface area contributed by atoms with Crippen LogP contribution in [-0.2, 0) is 16.1 Å². The molecule has 1 aromatic rings. The number of nitrogens with zero attached hydrogens (tertiary/aromatic N) is 2. The number of rotatable bonds is 4. The van der Waals surface area contributed by atoms with Gasteiger partial charge in [-0.05, 0) is 61.8 Å². The van der Waals surface area contributed by atoms with Crippen molar-refractivity contribution in [3.8, 4) is 0 Å². The third kappa shape index (κ3) is 3.66. The summed E-state index contributed by atoms with van der Waals surface area (Å²) < 4.78 is 0. The molecule has 3 aliphatic rings. The molecule has 1 saturated heterocycles. The molecule has 0 bridgehead atoms. The number of nitrogens with one attached hydrogen (secondary N) is 2. The Hall–Kier alpha value is -1.76. The average molecular weight is 370 g/mol. The second-order valence-electron chi connectivity index (χ2n) is 8.12. The molecule has 0 aromatic heterocycles. The van der Waals surface area contributed by atoms with Gasteiger partial charge in [-0.2, -0.15) is 5.48 Å². The summed E-state index contributed by atoms with van der Waals surface area (Å²) in [5.41, 5.74) is 7.65. The van der Waals surface area contributed by atoms with Crippen molar-refractivity contribution in [2.75, 3.05) is 13.6 Å². The molecule has 2 aliphatic heterocycles. The first-order chi connectivity index (χ1) is 13.1. The minimum Gasteiger partial charge on any atom is -0.344 e. The highest BCUT2D eigenvalue weighted by atomic mass is 16.7. The molecule has 4 rings (SSSR count). The Morgan fingerprint density at radius 3 is 2.93 bits per heavy atom. The molecule has 3 unspecified atom stereocenters. The fourth-order valence-corrected chi connectivity index (χ4v) is 4.35. The highest BCUT2D eigenvalue weighted by Crippen LogP contribution is 2.35. The van der Waals surface area contributed by atoms with Gasteiger partial charge in [0.25, 0.3) is 5.91 Å². The summed E-state index contributed by atoms with van der Waals surface area (Å²) in [6.45, 7) is 5.09. The van der Waals surface area contributed by atoms with Crippen LogP contribution in [-0.4, -0.2) is 36.3 Å². The van der Waals surface area contributed by atoms with E-state index in [4.69, 9.17) is 4.84 Å². The molecule has 2 N–H and O–H groups in total. The number of aliphatic imine (C=N–C) groups is 1. The normalized spacial score (nSPS) is 30.9. The Bertz CT molecular complexity index is 748. The van der Waals surface area contributed by atoms with Gasteiger partial charge in [-0.1, -0.05) is 32.0 Å². The lowest BCUT2D eigenvalue weighted by Gasteiger charge is -2.22. The lowest BCUT2D eigenvalue weighted by Crippen LogP contribution is -2.35. The third-order valence-electron chi connectivity index (χ3n) is 6.12. The highest BCUT2D eigenvalue weighted by molar-refractivity contribution is 6.39. The number of hydrogen-bond acceptors (Lipinski definition) is 5. The number of hydrogen-bond donors (Lipinski definition) is 2. The summed E-state index contributed by atoms with van der Waals surface area (Å²) >= 11 is 0. The largest absolute Gasteiger partial charge is 0.344 e. The van der Waals surface area contributed by atoms with Gasteiger partial charge in [0.1, 0.15) is 12.4 Å². The maximum absolute atomic E-state index is 12.6. The molecule has 27 heavy (non-hydrogen) atoms. The Kier molecular flexibility index (Phi) is 5.30. The molecule has 2 heterocycles. The van der Waals surface area contributed by atoms with Crippen LogP contribution in [0.1, 0.15) is 68.4 Å². The summed E-state index contributed by atoms with van der Waals surface area (Å²) in [4.78, 5) is 24.9. The lowest BCUT2D eigenvalue weighted by atomic mass is 9.99. The van der Waals surface area contributed by atoms with E-state index in [0.717, 1.165) is 44.4 Å². The zero-order valence-electron chi connectivity index (χ0n) is 16.5. The van der Waals surface area contributed by atoms with E-state index >= 15 is 0 Å². The van der Waals surface area contributed by atoms with Crippen LogP contribution in [0.5, 0.6) is 0 Å². The molecule has 0 spiro atoms. The highest BCUT2D eigenvalue weighted by Gasteiger charge is 2.33. The zero-order chi connectivity index (χ0) is 19.0. The molecule has 1 aromatic carbocycles. The van der Waals surface area contributed by atoms with Crippen LogP contribution >= 0.6 is 0 Å². The summed E-state index contributed by atoms with van der Waals surface area (Å²) in [6.07, 6.45) is 4.93. The standard InChI is InChI=1S/C21H30N4O2/c1-4-19-25(3)20(24-27-19)15-6-8-16-14(11-15)7-10-17(16)23-21(26)18-9-5-13(2)12-22-18/h6,8,11,13,17,19-20,24H,4-5,7,9-10,12H2,1-3H3,(H,23,26)/t13?,17-,19?,20?/m1/s1. The van der Waals surface area contributed by atoms with Crippen LogP contribution in [0.15, 0.2) is 23.2 Å². The molecule has 6 nitrogen and oxygen atoms in total. The SMILES string of the molecule is CCC1ONC(c2ccc3c(c2)CC[C@H]3NC(=O)C2=NCC(C)CC2)N1C. The summed E-state index contributed by atoms with van der Waals surface area (Å²) in [6, 6.07) is 6.68. The van der Waals surface area contributed by atoms with Crippen molar-refractivity contribution in [1.29, 1.82) is 0 Å². The number of hydroxylamine groups is 1. The molecular formula is C21H30N4O2. The van der Waals surface area contributed by atoms with Gasteiger partial charge < -0.3 is 5.32 Å². The zero-order valence-corrected chi connectivity index (χ0v) is 16.5. The van der Waals surface area contributed by atoms with Gasteiger partial charge >= 0.3 is 0 Å². The van der Waals surface area contributed by atoms with Crippen molar-refractivity contribution in [2.45, 2.75) is 64.4 Å². The predicted octanol–water partition coefficient (Wildman–Crippen LogP) is 2.86. The maximum Gasteiger partial charge on any atom is 0.265 e. The van der Waals surface area contributed by atoms with E-state index in [2.05, 4.69) is 59.8 Å². The van der Waals surface area contributed by atoms with Crippen LogP contribution in [0, 0.1) is 5.92 Å². The van der Waals surface area contributed by atoms with Gasteiger partial charge in [0.2, 0.25) is 0 Å². The smallest absolute Gasteiger partial charge is 0.265 e. The summed E-state index contributed by atoms with van der Waals surface area (Å²) in [5.74, 6) is 0.603. The van der Waals surface area contributed by atoms with E-state index < -0.39 is 0 Å². The fourth-order valence-electron chi connectivity index (χ4n) is 4.35. The van der Waals surface area contributed by atoms with Gasteiger partial charge in [0, 0.05) is 6.54 Å². The monoisotopic (exact) mass is 370 g/mol. The van der Waals surface area contributed by atoms with Crippen molar-refractivity contribution in [2.24, 2.45) is 10.9 Å². The van der Waals surface area contributed by atoms with E-state index in [1.54, 1.807) is 0 Å². The summed E-state index contributed by atoms with van der Waals surface area (Å²) in [7, 11) is 2.08. The van der Waals surface area contributed by atoms with Crippen LogP contribution in [0.3, 0.4) is 0 Å². The number of carbonyl (C=O) groups is 1. The van der Waals surface area contributed by atoms with Crippen LogP contribution in [0.25, 0.3) is 0 Å². The Balaban J connectivity index is 1.45. The topological polar surface area (TPSA) is 66.0 Å². The first kappa shape index (κ1) is 18.6. The van der Waals surface area contributed by atoms with Crippen molar-refractivity contribution in [3.63, 3.8) is 0 Å². The van der Waals surface area contributed by atoms with Crippen molar-refractivity contribution < 1.29 is 9.63 Å². The van der Waals surface area contributed by atoms with Crippen molar-refractivity contribution in [3.05, 3.63) is 34.9 Å². The van der Waals surface area contributed by atoms with E-state index in [1.807, 2.05) is 0 Å². The molecule has 1 aliphatic carbocycles. The minimum atomic E-state index is 0.0141. The van der Waals surface area contributed by atoms with Crippen molar-refractivity contribution >= 4 is 11.6 Å². The Labute approximate surface area is 161 Å². The third-order valence-corrected chi connectivity index (χ3v) is 6.12. The van der Waals surface area contributed by atoms with Crippen LogP contribution < -0.4 is 10.8 Å². The Morgan fingerprint density at radius 2 is 2.22 bits per heavy atom. The van der Waals surface area contributed by atoms with Crippen LogP contribution in [0.2, 0.25) is 0 Å². The molecule has 0 saturated carbocycles. The molecule has 4 atom stereocenters. The number of carbonyl (C=O) groups excluding carboxylic acids is 1. The van der Waals surface area contributed by atoms with E-state index in [0.29, 0.717) is 5.92 Å². The van der Waals surface area contributed by atoms with Gasteiger partial charge in [0.05, 0.1) is 11.8 Å². The van der Waals surface area contributed by atoms with Crippen LogP contribution in [0.4, 0.5) is 0 Å². The van der Waals surface area contributed by atoms with Crippen molar-refractivity contribution in [1.82, 2.24) is 15.7 Å². The number of amides is 1. The average Bonchev–Trinajstić information content (AvgIpc) is 3.25. The molecule has 0 radical (unpaired) electrons. The van der Waals surface area contributed by atoms with E-state index in [9.17, 15) is 4.79 Å². The van der Waals surface area contributed by atoms with Gasteiger partial charge in [-0.15, -0.1) is 0 Å². The first-order valence-corrected chi connectivity index (χ1v) is 10.2. The maximum atomic E-state index is 12.6. The summed E-state index contributed by atoms with van der Waals surface area (Å²) in [5, 5.41) is 3.21.